The number of nitrogens with zero attached hydrogens (tertiary/aromatic N) is 1. The Kier molecular flexibility index (Phi) is 4.95. The van der Waals surface area contributed by atoms with E-state index in [9.17, 15) is 9.90 Å². The van der Waals surface area contributed by atoms with E-state index >= 15 is 0 Å². The molecule has 0 bridgehead atoms. The van der Waals surface area contributed by atoms with E-state index in [4.69, 9.17) is 4.74 Å². The molecule has 2 atom stereocenters. The summed E-state index contributed by atoms with van der Waals surface area (Å²) in [6, 6.07) is -0.112. The zero-order chi connectivity index (χ0) is 13.1. The molecule has 100 valence electrons. The van der Waals surface area contributed by atoms with Gasteiger partial charge in [0.2, 0.25) is 0 Å². The number of carboxylic acid groups (broad SMARTS) is 1. The number of carboxylic acids is 1. The molecule has 4 heteroatoms. The highest BCUT2D eigenvalue weighted by molar-refractivity contribution is 5.74. The van der Waals surface area contributed by atoms with Crippen LogP contribution < -0.4 is 0 Å². The minimum atomic E-state index is -0.695. The van der Waals surface area contributed by atoms with Gasteiger partial charge in [-0.15, -0.1) is 0 Å². The monoisotopic (exact) mass is 243 g/mol. The normalized spacial score (nSPS) is 26.7. The summed E-state index contributed by atoms with van der Waals surface area (Å²) in [5.41, 5.74) is -0.147. The average molecular weight is 243 g/mol. The summed E-state index contributed by atoms with van der Waals surface area (Å²) in [6.07, 6.45) is 2.95. The molecule has 0 radical (unpaired) electrons. The first kappa shape index (κ1) is 14.5. The Labute approximate surface area is 104 Å². The number of rotatable bonds is 5. The lowest BCUT2D eigenvalue weighted by molar-refractivity contribution is -0.152. The molecule has 17 heavy (non-hydrogen) atoms. The van der Waals surface area contributed by atoms with Gasteiger partial charge in [-0.1, -0.05) is 13.8 Å². The van der Waals surface area contributed by atoms with Crippen LogP contribution in [0.25, 0.3) is 0 Å². The number of hydrogen-bond acceptors (Lipinski definition) is 3. The van der Waals surface area contributed by atoms with Gasteiger partial charge in [-0.3, -0.25) is 9.69 Å². The van der Waals surface area contributed by atoms with Crippen molar-refractivity contribution in [1.29, 1.82) is 0 Å². The molecule has 1 fully saturated rings. The van der Waals surface area contributed by atoms with Gasteiger partial charge >= 0.3 is 5.97 Å². The highest BCUT2D eigenvalue weighted by Gasteiger charge is 2.43. The van der Waals surface area contributed by atoms with Crippen molar-refractivity contribution in [2.75, 3.05) is 20.3 Å². The summed E-state index contributed by atoms with van der Waals surface area (Å²) in [4.78, 5) is 13.6. The minimum absolute atomic E-state index is 0.147. The molecule has 0 aromatic carbocycles. The van der Waals surface area contributed by atoms with Crippen molar-refractivity contribution >= 4 is 5.97 Å². The molecule has 1 heterocycles. The number of piperidine rings is 1. The lowest BCUT2D eigenvalue weighted by atomic mass is 9.75. The van der Waals surface area contributed by atoms with Crippen molar-refractivity contribution in [2.45, 2.75) is 52.1 Å². The smallest absolute Gasteiger partial charge is 0.321 e. The minimum Gasteiger partial charge on any atom is -0.480 e. The fraction of sp³-hybridized carbons (Fsp3) is 0.923. The first-order valence-corrected chi connectivity index (χ1v) is 6.37. The average Bonchev–Trinajstić information content (AvgIpc) is 2.23. The van der Waals surface area contributed by atoms with E-state index in [-0.39, 0.29) is 17.5 Å². The van der Waals surface area contributed by atoms with Gasteiger partial charge in [-0.05, 0) is 38.1 Å². The molecule has 0 aromatic heterocycles. The summed E-state index contributed by atoms with van der Waals surface area (Å²) in [6.45, 7) is 7.77. The van der Waals surface area contributed by atoms with E-state index in [1.807, 2.05) is 0 Å². The molecule has 1 aliphatic rings. The van der Waals surface area contributed by atoms with Crippen LogP contribution in [0.15, 0.2) is 0 Å². The van der Waals surface area contributed by atoms with E-state index in [0.717, 1.165) is 25.8 Å². The van der Waals surface area contributed by atoms with Crippen molar-refractivity contribution in [3.63, 3.8) is 0 Å². The van der Waals surface area contributed by atoms with Gasteiger partial charge in [0, 0.05) is 19.8 Å². The van der Waals surface area contributed by atoms with Crippen molar-refractivity contribution < 1.29 is 14.6 Å². The molecule has 1 rings (SSSR count). The second-order valence-electron chi connectivity index (χ2n) is 5.70. The van der Waals surface area contributed by atoms with E-state index in [1.54, 1.807) is 7.11 Å². The zero-order valence-corrected chi connectivity index (χ0v) is 11.4. The van der Waals surface area contributed by atoms with Crippen LogP contribution in [0.5, 0.6) is 0 Å². The van der Waals surface area contributed by atoms with Gasteiger partial charge in [0.05, 0.1) is 0 Å². The number of methoxy groups -OCH3 is 1. The van der Waals surface area contributed by atoms with Crippen LogP contribution in [-0.2, 0) is 9.53 Å². The molecule has 1 aliphatic heterocycles. The largest absolute Gasteiger partial charge is 0.480 e. The van der Waals surface area contributed by atoms with Crippen LogP contribution in [0.2, 0.25) is 0 Å². The second-order valence-corrected chi connectivity index (χ2v) is 5.70. The van der Waals surface area contributed by atoms with E-state index in [0.29, 0.717) is 6.61 Å². The van der Waals surface area contributed by atoms with Crippen LogP contribution in [-0.4, -0.2) is 48.3 Å². The van der Waals surface area contributed by atoms with Crippen LogP contribution in [0.4, 0.5) is 0 Å². The summed E-state index contributed by atoms with van der Waals surface area (Å²) in [5, 5.41) is 9.45. The molecule has 0 aromatic rings. The molecular formula is C13H25NO3. The molecule has 1 saturated heterocycles. The summed E-state index contributed by atoms with van der Waals surface area (Å²) >= 11 is 0. The Morgan fingerprint density at radius 3 is 2.76 bits per heavy atom. The first-order chi connectivity index (χ1) is 7.90. The van der Waals surface area contributed by atoms with Crippen molar-refractivity contribution in [3.8, 4) is 0 Å². The molecule has 0 spiro atoms. The van der Waals surface area contributed by atoms with Crippen molar-refractivity contribution in [1.82, 2.24) is 4.90 Å². The van der Waals surface area contributed by atoms with Gasteiger partial charge in [-0.2, -0.15) is 0 Å². The molecule has 1 N–H and O–H groups in total. The number of ether oxygens (including phenoxy) is 1. The third-order valence-corrected chi connectivity index (χ3v) is 3.85. The molecule has 0 amide bonds. The van der Waals surface area contributed by atoms with Crippen LogP contribution in [0, 0.1) is 5.41 Å². The quantitative estimate of drug-likeness (QED) is 0.802. The predicted molar refractivity (Wildman–Crippen MR) is 67.1 cm³/mol. The van der Waals surface area contributed by atoms with Crippen LogP contribution in [0.3, 0.4) is 0 Å². The van der Waals surface area contributed by atoms with Crippen molar-refractivity contribution in [2.24, 2.45) is 5.41 Å². The highest BCUT2D eigenvalue weighted by Crippen LogP contribution is 2.36. The van der Waals surface area contributed by atoms with Gasteiger partial charge < -0.3 is 9.84 Å². The number of hydrogen-bond donors (Lipinski definition) is 1. The van der Waals surface area contributed by atoms with E-state index in [1.165, 1.54) is 0 Å². The number of likely N-dealkylation sites (tertiary alicyclic amines) is 1. The maximum Gasteiger partial charge on any atom is 0.321 e. The molecular weight excluding hydrogens is 218 g/mol. The van der Waals surface area contributed by atoms with Crippen molar-refractivity contribution in [3.05, 3.63) is 0 Å². The van der Waals surface area contributed by atoms with Gasteiger partial charge in [0.15, 0.2) is 0 Å². The molecule has 2 unspecified atom stereocenters. The molecule has 0 aliphatic carbocycles. The second kappa shape index (κ2) is 5.83. The molecule has 4 nitrogen and oxygen atoms in total. The Hall–Kier alpha value is -0.610. The van der Waals surface area contributed by atoms with E-state index < -0.39 is 5.97 Å². The van der Waals surface area contributed by atoms with Gasteiger partial charge in [-0.25, -0.2) is 0 Å². The third kappa shape index (κ3) is 3.42. The predicted octanol–water partition coefficient (Wildman–Crippen LogP) is 1.99. The van der Waals surface area contributed by atoms with Gasteiger partial charge in [0.1, 0.15) is 6.04 Å². The summed E-state index contributed by atoms with van der Waals surface area (Å²) in [5.74, 6) is -0.695. The number of aliphatic carboxylic acids is 1. The lowest BCUT2D eigenvalue weighted by Crippen LogP contribution is -2.57. The SMILES string of the molecule is COCCC(C)N1CCCC(C)(C)C1C(=O)O. The van der Waals surface area contributed by atoms with Crippen LogP contribution >= 0.6 is 0 Å². The fourth-order valence-corrected chi connectivity index (χ4v) is 2.84. The zero-order valence-electron chi connectivity index (χ0n) is 11.4. The summed E-state index contributed by atoms with van der Waals surface area (Å²) in [7, 11) is 1.68. The van der Waals surface area contributed by atoms with E-state index in [2.05, 4.69) is 25.7 Å². The summed E-state index contributed by atoms with van der Waals surface area (Å²) < 4.78 is 5.08. The Balaban J connectivity index is 2.77. The van der Waals surface area contributed by atoms with Gasteiger partial charge in [0.25, 0.3) is 0 Å². The third-order valence-electron chi connectivity index (χ3n) is 3.85. The number of carbonyl (C=O) groups is 1. The Morgan fingerprint density at radius 1 is 1.59 bits per heavy atom. The first-order valence-electron chi connectivity index (χ1n) is 6.37. The lowest BCUT2D eigenvalue weighted by Gasteiger charge is -2.46. The standard InChI is InChI=1S/C13H25NO3/c1-10(6-9-17-4)14-8-5-7-13(2,3)11(14)12(15)16/h10-11H,5-9H2,1-4H3,(H,15,16). The fourth-order valence-electron chi connectivity index (χ4n) is 2.84. The topological polar surface area (TPSA) is 49.8 Å². The van der Waals surface area contributed by atoms with Crippen LogP contribution in [0.1, 0.15) is 40.0 Å². The molecule has 0 saturated carbocycles. The Bertz CT molecular complexity index is 265. The maximum atomic E-state index is 11.5. The highest BCUT2D eigenvalue weighted by atomic mass is 16.5. The maximum absolute atomic E-state index is 11.5. The Morgan fingerprint density at radius 2 is 2.24 bits per heavy atom.